The molecule has 0 fully saturated rings. The predicted molar refractivity (Wildman–Crippen MR) is 95.9 cm³/mol. The monoisotopic (exact) mass is 387 g/mol. The number of carbonyl (C=O) groups is 1. The molecular weight excluding hydrogens is 379 g/mol. The number of hydrazone groups is 1. The fourth-order valence-electron chi connectivity index (χ4n) is 2.42. The van der Waals surface area contributed by atoms with Gasteiger partial charge in [-0.2, -0.15) is 5.21 Å². The zero-order chi connectivity index (χ0) is 18.3. The zero-order valence-corrected chi connectivity index (χ0v) is 14.7. The van der Waals surface area contributed by atoms with Crippen molar-refractivity contribution in [3.8, 4) is 11.3 Å². The van der Waals surface area contributed by atoms with Gasteiger partial charge in [0.05, 0.1) is 21.3 Å². The minimum absolute atomic E-state index is 0.0219. The van der Waals surface area contributed by atoms with Crippen molar-refractivity contribution in [2.24, 2.45) is 5.10 Å². The number of aromatic nitrogens is 4. The van der Waals surface area contributed by atoms with Gasteiger partial charge in [-0.3, -0.25) is 9.89 Å². The topological polar surface area (TPSA) is 98.6 Å². The third-order valence-corrected chi connectivity index (χ3v) is 4.42. The van der Waals surface area contributed by atoms with E-state index < -0.39 is 0 Å². The molecule has 3 heterocycles. The van der Waals surface area contributed by atoms with Gasteiger partial charge in [0.1, 0.15) is 17.5 Å². The van der Waals surface area contributed by atoms with Crippen LogP contribution < -0.4 is 10.1 Å². The van der Waals surface area contributed by atoms with Crippen LogP contribution in [0.15, 0.2) is 45.4 Å². The summed E-state index contributed by atoms with van der Waals surface area (Å²) < 4.78 is 5.79. The molecule has 0 unspecified atom stereocenters. The van der Waals surface area contributed by atoms with Crippen molar-refractivity contribution in [2.45, 2.75) is 6.92 Å². The molecule has 1 aliphatic rings. The minimum atomic E-state index is -0.384. The second kappa shape index (κ2) is 6.40. The Morgan fingerprint density at radius 2 is 2.04 bits per heavy atom. The quantitative estimate of drug-likeness (QED) is 0.639. The average Bonchev–Trinajstić information content (AvgIpc) is 3.35. The molecular formula is C16H9Cl2N6O2-. The number of nitrogens with zero attached hydrogens (tertiary/aromatic N) is 6. The minimum Gasteiger partial charge on any atom is -0.457 e. The SMILES string of the molecule is CC1=NN(c2nnn[n-]2)C(=O)/C1=C\c1ccc(-c2ccc(Cl)c(Cl)c2)o1. The molecule has 10 heteroatoms. The molecule has 0 bridgehead atoms. The van der Waals surface area contributed by atoms with Crippen LogP contribution in [-0.4, -0.2) is 27.1 Å². The number of halogens is 2. The molecule has 0 saturated carbocycles. The Morgan fingerprint density at radius 3 is 2.77 bits per heavy atom. The van der Waals surface area contributed by atoms with Crippen molar-refractivity contribution < 1.29 is 9.21 Å². The third kappa shape index (κ3) is 2.89. The van der Waals surface area contributed by atoms with Crippen LogP contribution in [0.1, 0.15) is 12.7 Å². The highest BCUT2D eigenvalue weighted by Gasteiger charge is 2.26. The lowest BCUT2D eigenvalue weighted by Gasteiger charge is -2.11. The lowest BCUT2D eigenvalue weighted by molar-refractivity contribution is -0.114. The van der Waals surface area contributed by atoms with Crippen molar-refractivity contribution in [3.05, 3.63) is 51.7 Å². The van der Waals surface area contributed by atoms with Gasteiger partial charge in [0.15, 0.2) is 0 Å². The number of hydrogen-bond acceptors (Lipinski definition) is 6. The summed E-state index contributed by atoms with van der Waals surface area (Å²) in [6, 6.07) is 8.73. The fourth-order valence-corrected chi connectivity index (χ4v) is 2.72. The van der Waals surface area contributed by atoms with Crippen molar-refractivity contribution in [1.29, 1.82) is 0 Å². The largest absolute Gasteiger partial charge is 0.457 e. The molecule has 26 heavy (non-hydrogen) atoms. The summed E-state index contributed by atoms with van der Waals surface area (Å²) in [5.74, 6) is 0.726. The van der Waals surface area contributed by atoms with Crippen molar-refractivity contribution in [1.82, 2.24) is 20.6 Å². The lowest BCUT2D eigenvalue weighted by atomic mass is 10.1. The highest BCUT2D eigenvalue weighted by Crippen LogP contribution is 2.30. The van der Waals surface area contributed by atoms with E-state index in [4.69, 9.17) is 27.6 Å². The molecule has 0 saturated heterocycles. The van der Waals surface area contributed by atoms with E-state index in [1.807, 2.05) is 0 Å². The van der Waals surface area contributed by atoms with Gasteiger partial charge in [-0.1, -0.05) is 23.2 Å². The first-order valence-electron chi connectivity index (χ1n) is 7.38. The molecule has 8 nitrogen and oxygen atoms in total. The number of carbonyl (C=O) groups excluding carboxylic acids is 1. The molecule has 0 N–H and O–H groups in total. The predicted octanol–water partition coefficient (Wildman–Crippen LogP) is 3.20. The van der Waals surface area contributed by atoms with Crippen LogP contribution in [0.4, 0.5) is 5.95 Å². The Morgan fingerprint density at radius 1 is 1.19 bits per heavy atom. The molecule has 0 radical (unpaired) electrons. The molecule has 3 aromatic rings. The highest BCUT2D eigenvalue weighted by molar-refractivity contribution is 6.42. The van der Waals surface area contributed by atoms with Gasteiger partial charge in [-0.15, -0.1) is 5.21 Å². The van der Waals surface area contributed by atoms with Crippen LogP contribution in [0.3, 0.4) is 0 Å². The van der Waals surface area contributed by atoms with Gasteiger partial charge in [0, 0.05) is 5.56 Å². The smallest absolute Gasteiger partial charge is 0.239 e. The molecule has 0 spiro atoms. The summed E-state index contributed by atoms with van der Waals surface area (Å²) in [7, 11) is 0. The van der Waals surface area contributed by atoms with E-state index in [0.717, 1.165) is 10.6 Å². The molecule has 1 aromatic carbocycles. The van der Waals surface area contributed by atoms with Crippen LogP contribution in [0.2, 0.25) is 10.0 Å². The summed E-state index contributed by atoms with van der Waals surface area (Å²) in [6.07, 6.45) is 1.60. The van der Waals surface area contributed by atoms with Gasteiger partial charge >= 0.3 is 0 Å². The first-order chi connectivity index (χ1) is 12.5. The highest BCUT2D eigenvalue weighted by atomic mass is 35.5. The number of furan rings is 1. The van der Waals surface area contributed by atoms with Crippen LogP contribution in [0, 0.1) is 0 Å². The fraction of sp³-hybridized carbons (Fsp3) is 0.0625. The Balaban J connectivity index is 1.63. The molecule has 1 aliphatic heterocycles. The molecule has 4 rings (SSSR count). The molecule has 2 aromatic heterocycles. The first kappa shape index (κ1) is 16.5. The van der Waals surface area contributed by atoms with E-state index in [2.05, 4.69) is 25.7 Å². The Hall–Kier alpha value is -2.97. The third-order valence-electron chi connectivity index (χ3n) is 3.68. The second-order valence-electron chi connectivity index (χ2n) is 5.37. The molecule has 1 amide bonds. The van der Waals surface area contributed by atoms with E-state index in [1.165, 1.54) is 0 Å². The van der Waals surface area contributed by atoms with Crippen molar-refractivity contribution in [2.75, 3.05) is 5.01 Å². The average molecular weight is 388 g/mol. The van der Waals surface area contributed by atoms with Crippen LogP contribution in [0.25, 0.3) is 17.4 Å². The number of tetrazole rings is 1. The van der Waals surface area contributed by atoms with Crippen LogP contribution in [-0.2, 0) is 4.79 Å². The van der Waals surface area contributed by atoms with Gasteiger partial charge in [0.25, 0.3) is 0 Å². The van der Waals surface area contributed by atoms with E-state index in [9.17, 15) is 4.79 Å². The number of amides is 1. The summed E-state index contributed by atoms with van der Waals surface area (Å²) in [5.41, 5.74) is 1.65. The summed E-state index contributed by atoms with van der Waals surface area (Å²) >= 11 is 12.0. The maximum absolute atomic E-state index is 12.5. The van der Waals surface area contributed by atoms with Gasteiger partial charge in [-0.05, 0) is 43.3 Å². The second-order valence-corrected chi connectivity index (χ2v) is 6.18. The summed E-state index contributed by atoms with van der Waals surface area (Å²) in [6.45, 7) is 1.70. The van der Waals surface area contributed by atoms with Gasteiger partial charge in [0.2, 0.25) is 5.91 Å². The lowest BCUT2D eigenvalue weighted by Crippen LogP contribution is -2.22. The Kier molecular flexibility index (Phi) is 4.06. The molecule has 0 aliphatic carbocycles. The normalized spacial score (nSPS) is 15.8. The Labute approximate surface area is 157 Å². The number of benzene rings is 1. The first-order valence-corrected chi connectivity index (χ1v) is 8.14. The van der Waals surface area contributed by atoms with E-state index in [1.54, 1.807) is 43.3 Å². The van der Waals surface area contributed by atoms with E-state index in [0.29, 0.717) is 32.9 Å². The molecule has 130 valence electrons. The zero-order valence-electron chi connectivity index (χ0n) is 13.2. The standard InChI is InChI=1S/C16H9Cl2N6O2/c1-8-11(15(25)24(21-8)16-19-22-23-20-16)7-10-3-5-14(26-10)9-2-4-12(17)13(18)6-9/h2-7H,1H3/q-1/b11-7-. The number of anilines is 1. The number of hydrogen-bond donors (Lipinski definition) is 0. The summed E-state index contributed by atoms with van der Waals surface area (Å²) in [5, 5.41) is 20.0. The van der Waals surface area contributed by atoms with Crippen molar-refractivity contribution >= 4 is 46.8 Å². The van der Waals surface area contributed by atoms with Crippen molar-refractivity contribution in [3.63, 3.8) is 0 Å². The number of rotatable bonds is 3. The maximum Gasteiger partial charge on any atom is 0.239 e. The maximum atomic E-state index is 12.5. The summed E-state index contributed by atoms with van der Waals surface area (Å²) in [4.78, 5) is 12.5. The van der Waals surface area contributed by atoms with E-state index >= 15 is 0 Å². The molecule has 0 atom stereocenters. The van der Waals surface area contributed by atoms with Crippen LogP contribution in [0.5, 0.6) is 0 Å². The van der Waals surface area contributed by atoms with Gasteiger partial charge in [-0.25, -0.2) is 15.2 Å². The van der Waals surface area contributed by atoms with Gasteiger partial charge < -0.3 is 4.42 Å². The van der Waals surface area contributed by atoms with Crippen LogP contribution >= 0.6 is 23.2 Å². The van der Waals surface area contributed by atoms with E-state index in [-0.39, 0.29) is 11.9 Å². The Bertz CT molecular complexity index is 1050.